The quantitative estimate of drug-likeness (QED) is 0.111. The van der Waals surface area contributed by atoms with Crippen molar-refractivity contribution in [2.45, 2.75) is 13.8 Å². The Morgan fingerprint density at radius 2 is 1.68 bits per heavy atom. The largest absolute Gasteiger partial charge is 0.493 e. The van der Waals surface area contributed by atoms with Crippen molar-refractivity contribution in [3.05, 3.63) is 119 Å². The molecule has 5 aromatic rings. The predicted molar refractivity (Wildman–Crippen MR) is 175 cm³/mol. The summed E-state index contributed by atoms with van der Waals surface area (Å²) in [7, 11) is 1.51. The summed E-state index contributed by atoms with van der Waals surface area (Å²) in [5, 5.41) is 13.0. The van der Waals surface area contributed by atoms with Crippen LogP contribution in [0.5, 0.6) is 11.5 Å². The van der Waals surface area contributed by atoms with Gasteiger partial charge in [-0.2, -0.15) is 5.10 Å². The van der Waals surface area contributed by atoms with Crippen molar-refractivity contribution in [2.24, 2.45) is 5.10 Å². The van der Waals surface area contributed by atoms with Crippen LogP contribution in [0.4, 0.5) is 16.5 Å². The average Bonchev–Trinajstić information content (AvgIpc) is 3.51. The minimum atomic E-state index is -0.348. The van der Waals surface area contributed by atoms with Crippen molar-refractivity contribution < 1.29 is 19.1 Å². The van der Waals surface area contributed by atoms with Gasteiger partial charge < -0.3 is 20.1 Å². The fraction of sp³-hybridized carbons (Fsp3) is 0.118. The molecule has 0 saturated heterocycles. The Balaban J connectivity index is 1.13. The second kappa shape index (κ2) is 14.1. The number of aromatic nitrogens is 1. The lowest BCUT2D eigenvalue weighted by molar-refractivity contribution is -0.118. The van der Waals surface area contributed by atoms with E-state index >= 15 is 0 Å². The summed E-state index contributed by atoms with van der Waals surface area (Å²) in [4.78, 5) is 29.7. The van der Waals surface area contributed by atoms with Crippen LogP contribution in [0.3, 0.4) is 0 Å². The van der Waals surface area contributed by atoms with Crippen molar-refractivity contribution in [3.8, 4) is 22.8 Å². The highest BCUT2D eigenvalue weighted by molar-refractivity contribution is 7.14. The number of ether oxygens (including phenoxy) is 2. The molecule has 2 amide bonds. The molecule has 10 heteroatoms. The number of hydrazone groups is 1. The van der Waals surface area contributed by atoms with E-state index in [1.54, 1.807) is 30.3 Å². The summed E-state index contributed by atoms with van der Waals surface area (Å²) in [5.41, 5.74) is 9.33. The molecule has 0 fully saturated rings. The molecule has 0 aliphatic rings. The molecule has 44 heavy (non-hydrogen) atoms. The lowest BCUT2D eigenvalue weighted by Gasteiger charge is -2.12. The number of methoxy groups -OCH3 is 1. The van der Waals surface area contributed by atoms with E-state index in [9.17, 15) is 9.59 Å². The number of thiazole rings is 1. The van der Waals surface area contributed by atoms with E-state index in [4.69, 9.17) is 9.47 Å². The van der Waals surface area contributed by atoms with Gasteiger partial charge in [0.25, 0.3) is 11.8 Å². The maximum atomic E-state index is 12.7. The van der Waals surface area contributed by atoms with Gasteiger partial charge in [-0.05, 0) is 85.1 Å². The molecule has 0 radical (unpaired) electrons. The number of hydrogen-bond donors (Lipinski definition) is 3. The Hall–Kier alpha value is -5.48. The Morgan fingerprint density at radius 3 is 2.43 bits per heavy atom. The van der Waals surface area contributed by atoms with Crippen LogP contribution in [-0.4, -0.2) is 36.7 Å². The van der Waals surface area contributed by atoms with Crippen LogP contribution in [0, 0.1) is 13.8 Å². The molecular formula is C34H31N5O4S. The highest BCUT2D eigenvalue weighted by Gasteiger charge is 2.11. The molecule has 0 atom stereocenters. The molecule has 1 aromatic heterocycles. The van der Waals surface area contributed by atoms with Gasteiger partial charge in [-0.15, -0.1) is 11.3 Å². The van der Waals surface area contributed by atoms with Crippen LogP contribution in [0.1, 0.15) is 27.0 Å². The molecule has 0 spiro atoms. The van der Waals surface area contributed by atoms with E-state index < -0.39 is 0 Å². The maximum Gasteiger partial charge on any atom is 0.271 e. The molecule has 4 aromatic carbocycles. The number of benzene rings is 4. The third-order valence-electron chi connectivity index (χ3n) is 6.69. The number of amides is 2. The Bertz CT molecular complexity index is 1790. The third-order valence-corrected chi connectivity index (χ3v) is 7.45. The number of nitrogens with zero attached hydrogens (tertiary/aromatic N) is 2. The fourth-order valence-corrected chi connectivity index (χ4v) is 4.91. The van der Waals surface area contributed by atoms with Crippen molar-refractivity contribution in [1.82, 2.24) is 10.4 Å². The highest BCUT2D eigenvalue weighted by atomic mass is 32.1. The van der Waals surface area contributed by atoms with Crippen LogP contribution in [0.25, 0.3) is 11.3 Å². The zero-order valence-corrected chi connectivity index (χ0v) is 25.3. The average molecular weight is 606 g/mol. The van der Waals surface area contributed by atoms with Crippen LogP contribution < -0.4 is 25.5 Å². The van der Waals surface area contributed by atoms with E-state index in [1.165, 1.54) is 24.7 Å². The zero-order valence-electron chi connectivity index (χ0n) is 24.5. The van der Waals surface area contributed by atoms with Gasteiger partial charge >= 0.3 is 0 Å². The molecule has 1 heterocycles. The Morgan fingerprint density at radius 1 is 0.886 bits per heavy atom. The van der Waals surface area contributed by atoms with Crippen LogP contribution in [0.15, 0.2) is 101 Å². The SMILES string of the molecule is COc1cc(/C=N/NC(=O)c2ccc(-c3csc(Nc4ccccc4)n3)cc2)ccc1OCC(=O)Nc1ccc(C)c(C)c1. The first kappa shape index (κ1) is 30.0. The maximum absolute atomic E-state index is 12.7. The monoisotopic (exact) mass is 605 g/mol. The number of nitrogens with one attached hydrogen (secondary N) is 3. The van der Waals surface area contributed by atoms with Crippen molar-refractivity contribution >= 4 is 45.9 Å². The minimum Gasteiger partial charge on any atom is -0.493 e. The summed E-state index contributed by atoms with van der Waals surface area (Å²) in [6.45, 7) is 3.83. The van der Waals surface area contributed by atoms with Crippen LogP contribution in [-0.2, 0) is 4.79 Å². The summed E-state index contributed by atoms with van der Waals surface area (Å²) in [5.74, 6) is 0.207. The number of carbonyl (C=O) groups excluding carboxylic acids is 2. The summed E-state index contributed by atoms with van der Waals surface area (Å²) in [6.07, 6.45) is 1.50. The molecule has 0 saturated carbocycles. The molecule has 0 aliphatic carbocycles. The molecule has 0 bridgehead atoms. The molecule has 3 N–H and O–H groups in total. The summed E-state index contributed by atoms with van der Waals surface area (Å²) >= 11 is 1.51. The normalized spacial score (nSPS) is 10.8. The van der Waals surface area contributed by atoms with E-state index in [-0.39, 0.29) is 18.4 Å². The molecule has 5 rings (SSSR count). The van der Waals surface area contributed by atoms with Crippen molar-refractivity contribution in [3.63, 3.8) is 0 Å². The van der Waals surface area contributed by atoms with Gasteiger partial charge in [0.15, 0.2) is 23.2 Å². The lowest BCUT2D eigenvalue weighted by atomic mass is 10.1. The molecule has 222 valence electrons. The number of aryl methyl sites for hydroxylation is 2. The number of carbonyl (C=O) groups is 2. The van der Waals surface area contributed by atoms with Gasteiger partial charge in [0, 0.05) is 27.9 Å². The first-order valence-electron chi connectivity index (χ1n) is 13.8. The number of anilines is 3. The van der Waals surface area contributed by atoms with Gasteiger partial charge in [-0.1, -0.05) is 36.4 Å². The molecule has 0 aliphatic heterocycles. The van der Waals surface area contributed by atoms with Crippen molar-refractivity contribution in [2.75, 3.05) is 24.4 Å². The van der Waals surface area contributed by atoms with Crippen molar-refractivity contribution in [1.29, 1.82) is 0 Å². The molecule has 0 unspecified atom stereocenters. The second-order valence-electron chi connectivity index (χ2n) is 9.85. The van der Waals surface area contributed by atoms with E-state index in [1.807, 2.05) is 79.9 Å². The topological polar surface area (TPSA) is 114 Å². The standard InChI is InChI=1S/C34H31N5O4S/c1-22-9-15-28(17-23(22)2)36-32(40)20-43-30-16-10-24(18-31(30)42-3)19-35-39-33(41)26-13-11-25(12-14-26)29-21-44-34(38-29)37-27-7-5-4-6-8-27/h4-19,21H,20H2,1-3H3,(H,36,40)(H,37,38)(H,39,41)/b35-19+. The van der Waals surface area contributed by atoms with Crippen LogP contribution >= 0.6 is 11.3 Å². The van der Waals surface area contributed by atoms with E-state index in [0.717, 1.165) is 33.2 Å². The number of hydrogen-bond acceptors (Lipinski definition) is 8. The Kier molecular flexibility index (Phi) is 9.63. The first-order valence-corrected chi connectivity index (χ1v) is 14.7. The highest BCUT2D eigenvalue weighted by Crippen LogP contribution is 2.28. The predicted octanol–water partition coefficient (Wildman–Crippen LogP) is 6.96. The van der Waals surface area contributed by atoms with E-state index in [2.05, 4.69) is 26.1 Å². The number of para-hydroxylation sites is 1. The van der Waals surface area contributed by atoms with Gasteiger partial charge in [0.1, 0.15) is 0 Å². The van der Waals surface area contributed by atoms with Gasteiger partial charge in [0.05, 0.1) is 19.0 Å². The zero-order chi connectivity index (χ0) is 30.9. The van der Waals surface area contributed by atoms with Gasteiger partial charge in [0.2, 0.25) is 0 Å². The smallest absolute Gasteiger partial charge is 0.271 e. The van der Waals surface area contributed by atoms with E-state index in [0.29, 0.717) is 28.3 Å². The van der Waals surface area contributed by atoms with Crippen LogP contribution in [0.2, 0.25) is 0 Å². The van der Waals surface area contributed by atoms with Gasteiger partial charge in [-0.25, -0.2) is 10.4 Å². The lowest BCUT2D eigenvalue weighted by Crippen LogP contribution is -2.20. The third kappa shape index (κ3) is 7.87. The Labute approximate surface area is 259 Å². The summed E-state index contributed by atoms with van der Waals surface area (Å²) in [6, 6.07) is 27.9. The minimum absolute atomic E-state index is 0.181. The summed E-state index contributed by atoms with van der Waals surface area (Å²) < 4.78 is 11.1. The molecule has 9 nitrogen and oxygen atoms in total. The molecular weight excluding hydrogens is 574 g/mol. The van der Waals surface area contributed by atoms with Gasteiger partial charge in [-0.3, -0.25) is 9.59 Å². The first-order chi connectivity index (χ1) is 21.4. The second-order valence-corrected chi connectivity index (χ2v) is 10.7. The number of rotatable bonds is 11. The fourth-order valence-electron chi connectivity index (χ4n) is 4.17.